The lowest BCUT2D eigenvalue weighted by Crippen LogP contribution is -2.32. The van der Waals surface area contributed by atoms with Crippen molar-refractivity contribution in [2.75, 3.05) is 19.6 Å². The molecule has 1 aliphatic carbocycles. The van der Waals surface area contributed by atoms with Crippen molar-refractivity contribution in [3.63, 3.8) is 0 Å². The molecule has 0 aromatic rings. The van der Waals surface area contributed by atoms with Crippen molar-refractivity contribution in [3.05, 3.63) is 0 Å². The molecule has 0 radical (unpaired) electrons. The minimum Gasteiger partial charge on any atom is -0.392 e. The van der Waals surface area contributed by atoms with Crippen LogP contribution in [0.3, 0.4) is 0 Å². The van der Waals surface area contributed by atoms with Gasteiger partial charge in [-0.3, -0.25) is 4.90 Å². The highest BCUT2D eigenvalue weighted by molar-refractivity contribution is 4.85. The maximum atomic E-state index is 12.7. The maximum Gasteiger partial charge on any atom is 0.114 e. The first-order valence-electron chi connectivity index (χ1n) is 4.80. The molecular weight excluding hydrogens is 157 g/mol. The van der Waals surface area contributed by atoms with Crippen LogP contribution in [0.2, 0.25) is 0 Å². The zero-order valence-corrected chi connectivity index (χ0v) is 7.25. The molecule has 0 spiro atoms. The largest absolute Gasteiger partial charge is 0.392 e. The molecule has 1 heterocycles. The highest BCUT2D eigenvalue weighted by atomic mass is 19.1. The number of aliphatic hydroxyl groups excluding tert-OH is 1. The van der Waals surface area contributed by atoms with Crippen molar-refractivity contribution in [2.24, 2.45) is 5.92 Å². The fourth-order valence-corrected chi connectivity index (χ4v) is 1.85. The predicted molar refractivity (Wildman–Crippen MR) is 44.7 cm³/mol. The van der Waals surface area contributed by atoms with Crippen molar-refractivity contribution in [2.45, 2.75) is 31.5 Å². The third kappa shape index (κ3) is 1.96. The van der Waals surface area contributed by atoms with Crippen LogP contribution < -0.4 is 0 Å². The van der Waals surface area contributed by atoms with Gasteiger partial charge in [-0.1, -0.05) is 0 Å². The smallest absolute Gasteiger partial charge is 0.114 e. The summed E-state index contributed by atoms with van der Waals surface area (Å²) >= 11 is 0. The number of hydrogen-bond acceptors (Lipinski definition) is 2. The number of aliphatic hydroxyl groups is 1. The van der Waals surface area contributed by atoms with Crippen LogP contribution in [0.4, 0.5) is 4.39 Å². The average molecular weight is 173 g/mol. The van der Waals surface area contributed by atoms with Crippen LogP contribution in [0.25, 0.3) is 0 Å². The van der Waals surface area contributed by atoms with Gasteiger partial charge in [-0.15, -0.1) is 0 Å². The first-order valence-corrected chi connectivity index (χ1v) is 4.80. The summed E-state index contributed by atoms with van der Waals surface area (Å²) in [6.07, 6.45) is 2.12. The van der Waals surface area contributed by atoms with E-state index in [0.29, 0.717) is 25.4 Å². The molecule has 70 valence electrons. The summed E-state index contributed by atoms with van der Waals surface area (Å²) in [6, 6.07) is 0. The zero-order chi connectivity index (χ0) is 8.55. The lowest BCUT2D eigenvalue weighted by atomic mass is 10.2. The SMILES string of the molecule is O[C@@H](CN1CCC(F)C1)C1CC1. The first kappa shape index (κ1) is 8.45. The van der Waals surface area contributed by atoms with E-state index in [0.717, 1.165) is 19.4 Å². The van der Waals surface area contributed by atoms with Gasteiger partial charge in [0.1, 0.15) is 6.17 Å². The third-order valence-electron chi connectivity index (χ3n) is 2.83. The molecule has 1 unspecified atom stereocenters. The quantitative estimate of drug-likeness (QED) is 0.682. The summed E-state index contributed by atoms with van der Waals surface area (Å²) in [5.41, 5.74) is 0. The van der Waals surface area contributed by atoms with Gasteiger partial charge >= 0.3 is 0 Å². The van der Waals surface area contributed by atoms with Gasteiger partial charge in [-0.25, -0.2) is 4.39 Å². The molecule has 2 aliphatic rings. The van der Waals surface area contributed by atoms with E-state index in [2.05, 4.69) is 0 Å². The van der Waals surface area contributed by atoms with Crippen molar-refractivity contribution in [3.8, 4) is 0 Å². The number of halogens is 1. The summed E-state index contributed by atoms with van der Waals surface area (Å²) in [5.74, 6) is 0.517. The lowest BCUT2D eigenvalue weighted by molar-refractivity contribution is 0.103. The lowest BCUT2D eigenvalue weighted by Gasteiger charge is -2.18. The molecule has 1 aliphatic heterocycles. The molecule has 1 N–H and O–H groups in total. The minimum absolute atomic E-state index is 0.199. The Balaban J connectivity index is 1.71. The molecule has 0 aromatic heterocycles. The number of rotatable bonds is 3. The summed E-state index contributed by atoms with van der Waals surface area (Å²) < 4.78 is 12.7. The summed E-state index contributed by atoms with van der Waals surface area (Å²) in [5, 5.41) is 9.57. The Morgan fingerprint density at radius 1 is 1.42 bits per heavy atom. The van der Waals surface area contributed by atoms with Gasteiger partial charge in [0.15, 0.2) is 0 Å². The number of likely N-dealkylation sites (tertiary alicyclic amines) is 1. The molecular formula is C9H16FNO. The highest BCUT2D eigenvalue weighted by Gasteiger charge is 2.32. The van der Waals surface area contributed by atoms with Gasteiger partial charge in [0, 0.05) is 19.6 Å². The Morgan fingerprint density at radius 2 is 2.17 bits per heavy atom. The molecule has 12 heavy (non-hydrogen) atoms. The number of hydrogen-bond donors (Lipinski definition) is 1. The molecule has 1 saturated heterocycles. The Labute approximate surface area is 72.4 Å². The maximum absolute atomic E-state index is 12.7. The van der Waals surface area contributed by atoms with Crippen LogP contribution in [-0.2, 0) is 0 Å². The van der Waals surface area contributed by atoms with Crippen LogP contribution in [0.5, 0.6) is 0 Å². The zero-order valence-electron chi connectivity index (χ0n) is 7.25. The molecule has 2 atom stereocenters. The summed E-state index contributed by atoms with van der Waals surface area (Å²) in [7, 11) is 0. The molecule has 0 amide bonds. The van der Waals surface area contributed by atoms with Gasteiger partial charge in [0.25, 0.3) is 0 Å². The van der Waals surface area contributed by atoms with E-state index in [-0.39, 0.29) is 6.10 Å². The van der Waals surface area contributed by atoms with E-state index in [9.17, 15) is 9.50 Å². The van der Waals surface area contributed by atoms with E-state index in [1.165, 1.54) is 0 Å². The van der Waals surface area contributed by atoms with Gasteiger partial charge < -0.3 is 5.11 Å². The Hall–Kier alpha value is -0.150. The van der Waals surface area contributed by atoms with Gasteiger partial charge in [-0.05, 0) is 25.2 Å². The molecule has 2 rings (SSSR count). The van der Waals surface area contributed by atoms with E-state index in [1.54, 1.807) is 0 Å². The van der Waals surface area contributed by atoms with Crippen LogP contribution in [0, 0.1) is 5.92 Å². The summed E-state index contributed by atoms with van der Waals surface area (Å²) in [4.78, 5) is 2.04. The Kier molecular flexibility index (Phi) is 2.33. The fraction of sp³-hybridized carbons (Fsp3) is 1.00. The molecule has 0 aromatic carbocycles. The van der Waals surface area contributed by atoms with Crippen LogP contribution in [0.15, 0.2) is 0 Å². The number of alkyl halides is 1. The van der Waals surface area contributed by atoms with Gasteiger partial charge in [0.05, 0.1) is 6.10 Å². The van der Waals surface area contributed by atoms with E-state index >= 15 is 0 Å². The molecule has 2 fully saturated rings. The molecule has 2 nitrogen and oxygen atoms in total. The number of β-amino-alcohol motifs (C(OH)–C–C–N with tert-alkyl or cyclic N) is 1. The van der Waals surface area contributed by atoms with Gasteiger partial charge in [-0.2, -0.15) is 0 Å². The average Bonchev–Trinajstić information content (AvgIpc) is 2.78. The first-order chi connectivity index (χ1) is 5.75. The normalized spacial score (nSPS) is 34.0. The van der Waals surface area contributed by atoms with Gasteiger partial charge in [0.2, 0.25) is 0 Å². The summed E-state index contributed by atoms with van der Waals surface area (Å²) in [6.45, 7) is 2.04. The fourth-order valence-electron chi connectivity index (χ4n) is 1.85. The predicted octanol–water partition coefficient (Wildman–Crippen LogP) is 0.801. The van der Waals surface area contributed by atoms with E-state index < -0.39 is 6.17 Å². The molecule has 3 heteroatoms. The van der Waals surface area contributed by atoms with Crippen LogP contribution >= 0.6 is 0 Å². The van der Waals surface area contributed by atoms with E-state index in [4.69, 9.17) is 0 Å². The Bertz CT molecular complexity index is 161. The van der Waals surface area contributed by atoms with Crippen molar-refractivity contribution < 1.29 is 9.50 Å². The van der Waals surface area contributed by atoms with Crippen LogP contribution in [-0.4, -0.2) is 41.9 Å². The van der Waals surface area contributed by atoms with E-state index in [1.807, 2.05) is 4.90 Å². The van der Waals surface area contributed by atoms with Crippen molar-refractivity contribution in [1.82, 2.24) is 4.90 Å². The minimum atomic E-state index is -0.656. The molecule has 1 saturated carbocycles. The third-order valence-corrected chi connectivity index (χ3v) is 2.83. The monoisotopic (exact) mass is 173 g/mol. The second-order valence-electron chi connectivity index (χ2n) is 4.05. The van der Waals surface area contributed by atoms with Crippen molar-refractivity contribution in [1.29, 1.82) is 0 Å². The Morgan fingerprint density at radius 3 is 2.67 bits per heavy atom. The van der Waals surface area contributed by atoms with Crippen LogP contribution in [0.1, 0.15) is 19.3 Å². The number of nitrogens with zero attached hydrogens (tertiary/aromatic N) is 1. The molecule has 0 bridgehead atoms. The second kappa shape index (κ2) is 3.30. The highest BCUT2D eigenvalue weighted by Crippen LogP contribution is 2.33. The van der Waals surface area contributed by atoms with Crippen molar-refractivity contribution >= 4 is 0 Å². The topological polar surface area (TPSA) is 23.5 Å². The standard InChI is InChI=1S/C9H16FNO/c10-8-3-4-11(5-8)6-9(12)7-1-2-7/h7-9,12H,1-6H2/t8?,9-/m0/s1. The second-order valence-corrected chi connectivity index (χ2v) is 4.05.